The van der Waals surface area contributed by atoms with Crippen molar-refractivity contribution in [3.05, 3.63) is 70.9 Å². The first-order valence-electron chi connectivity index (χ1n) is 8.76. The normalized spacial score (nSPS) is 10.2. The molecule has 144 valence electrons. The summed E-state index contributed by atoms with van der Waals surface area (Å²) in [5.74, 6) is 1.57. The molecule has 0 aliphatic carbocycles. The van der Waals surface area contributed by atoms with Gasteiger partial charge in [-0.1, -0.05) is 6.07 Å². The number of anilines is 1. The Morgan fingerprint density at radius 3 is 2.18 bits per heavy atom. The highest BCUT2D eigenvalue weighted by Crippen LogP contribution is 2.25. The van der Waals surface area contributed by atoms with Crippen molar-refractivity contribution in [3.63, 3.8) is 0 Å². The lowest BCUT2D eigenvalue weighted by Gasteiger charge is -2.09. The molecule has 3 rings (SSSR count). The van der Waals surface area contributed by atoms with Crippen LogP contribution in [-0.2, 0) is 4.79 Å². The van der Waals surface area contributed by atoms with E-state index in [9.17, 15) is 9.59 Å². The van der Waals surface area contributed by atoms with Crippen molar-refractivity contribution < 1.29 is 19.1 Å². The highest BCUT2D eigenvalue weighted by Gasteiger charge is 2.09. The van der Waals surface area contributed by atoms with Crippen LogP contribution in [0.2, 0.25) is 0 Å². The molecule has 0 atom stereocenters. The maximum absolute atomic E-state index is 12.0. The molecular formula is C21H20N2O4S. The highest BCUT2D eigenvalue weighted by molar-refractivity contribution is 7.12. The van der Waals surface area contributed by atoms with E-state index < -0.39 is 0 Å². The summed E-state index contributed by atoms with van der Waals surface area (Å²) in [7, 11) is 0. The monoisotopic (exact) mass is 396 g/mol. The van der Waals surface area contributed by atoms with Gasteiger partial charge in [-0.2, -0.15) is 0 Å². The summed E-state index contributed by atoms with van der Waals surface area (Å²) in [6, 6.07) is 17.8. The Labute approximate surface area is 167 Å². The molecular weight excluding hydrogens is 376 g/mol. The summed E-state index contributed by atoms with van der Waals surface area (Å²) in [5.41, 5.74) is 0.620. The average Bonchev–Trinajstić information content (AvgIpc) is 3.24. The Kier molecular flexibility index (Phi) is 6.64. The molecule has 0 fully saturated rings. The van der Waals surface area contributed by atoms with E-state index in [0.29, 0.717) is 28.7 Å². The topological polar surface area (TPSA) is 76.7 Å². The number of thiophene rings is 1. The molecule has 1 aromatic heterocycles. The number of amides is 2. The van der Waals surface area contributed by atoms with Crippen LogP contribution in [0, 0.1) is 0 Å². The zero-order valence-corrected chi connectivity index (χ0v) is 16.1. The molecule has 7 heteroatoms. The number of carbonyl (C=O) groups is 2. The van der Waals surface area contributed by atoms with E-state index in [-0.39, 0.29) is 18.4 Å². The Morgan fingerprint density at radius 1 is 0.929 bits per heavy atom. The third kappa shape index (κ3) is 5.59. The average molecular weight is 396 g/mol. The van der Waals surface area contributed by atoms with Crippen LogP contribution in [0.25, 0.3) is 0 Å². The summed E-state index contributed by atoms with van der Waals surface area (Å²) in [6.45, 7) is 2.45. The van der Waals surface area contributed by atoms with E-state index >= 15 is 0 Å². The molecule has 1 heterocycles. The van der Waals surface area contributed by atoms with E-state index in [2.05, 4.69) is 10.6 Å². The van der Waals surface area contributed by atoms with Crippen molar-refractivity contribution in [2.24, 2.45) is 0 Å². The minimum absolute atomic E-state index is 0.0961. The smallest absolute Gasteiger partial charge is 0.261 e. The molecule has 6 nitrogen and oxygen atoms in total. The van der Waals surface area contributed by atoms with Crippen LogP contribution in [0.5, 0.6) is 17.2 Å². The summed E-state index contributed by atoms with van der Waals surface area (Å²) >= 11 is 1.33. The minimum Gasteiger partial charge on any atom is -0.494 e. The van der Waals surface area contributed by atoms with Crippen molar-refractivity contribution >= 4 is 28.8 Å². The zero-order valence-electron chi connectivity index (χ0n) is 15.3. The molecule has 2 amide bonds. The van der Waals surface area contributed by atoms with E-state index in [1.807, 2.05) is 36.6 Å². The predicted octanol–water partition coefficient (Wildman–Crippen LogP) is 4.31. The van der Waals surface area contributed by atoms with Gasteiger partial charge < -0.3 is 20.1 Å². The fourth-order valence-electron chi connectivity index (χ4n) is 2.37. The second-order valence-electron chi connectivity index (χ2n) is 5.74. The standard InChI is InChI=1S/C21H20N2O4S/c1-2-26-16-9-11-18(12-10-16)27-17-7-5-15(6-8-17)23-20(24)14-22-21(25)19-4-3-13-28-19/h3-13H,2,14H2,1H3,(H,22,25)(H,23,24). The largest absolute Gasteiger partial charge is 0.494 e. The van der Waals surface area contributed by atoms with Gasteiger partial charge in [-0.15, -0.1) is 11.3 Å². The van der Waals surface area contributed by atoms with Crippen LogP contribution < -0.4 is 20.1 Å². The van der Waals surface area contributed by atoms with Gasteiger partial charge in [0.25, 0.3) is 5.91 Å². The van der Waals surface area contributed by atoms with Gasteiger partial charge in [0.15, 0.2) is 0 Å². The lowest BCUT2D eigenvalue weighted by molar-refractivity contribution is -0.115. The molecule has 28 heavy (non-hydrogen) atoms. The quantitative estimate of drug-likeness (QED) is 0.595. The summed E-state index contributed by atoms with van der Waals surface area (Å²) < 4.78 is 11.2. The molecule has 0 spiro atoms. The van der Waals surface area contributed by atoms with Gasteiger partial charge in [-0.3, -0.25) is 9.59 Å². The van der Waals surface area contributed by atoms with E-state index in [4.69, 9.17) is 9.47 Å². The van der Waals surface area contributed by atoms with Gasteiger partial charge in [0.1, 0.15) is 17.2 Å². The van der Waals surface area contributed by atoms with Gasteiger partial charge in [-0.25, -0.2) is 0 Å². The predicted molar refractivity (Wildman–Crippen MR) is 109 cm³/mol. The first kappa shape index (κ1) is 19.4. The fourth-order valence-corrected chi connectivity index (χ4v) is 3.01. The van der Waals surface area contributed by atoms with Crippen molar-refractivity contribution in [1.82, 2.24) is 5.32 Å². The maximum atomic E-state index is 12.0. The Bertz CT molecular complexity index is 907. The number of rotatable bonds is 8. The SMILES string of the molecule is CCOc1ccc(Oc2ccc(NC(=O)CNC(=O)c3cccs3)cc2)cc1. The highest BCUT2D eigenvalue weighted by atomic mass is 32.1. The van der Waals surface area contributed by atoms with Gasteiger partial charge in [-0.05, 0) is 66.9 Å². The van der Waals surface area contributed by atoms with Crippen LogP contribution in [0.1, 0.15) is 16.6 Å². The second kappa shape index (κ2) is 9.57. The number of benzene rings is 2. The molecule has 0 unspecified atom stereocenters. The lowest BCUT2D eigenvalue weighted by Crippen LogP contribution is -2.32. The number of carbonyl (C=O) groups excluding carboxylic acids is 2. The maximum Gasteiger partial charge on any atom is 0.261 e. The molecule has 0 bridgehead atoms. The molecule has 0 radical (unpaired) electrons. The number of hydrogen-bond donors (Lipinski definition) is 2. The summed E-state index contributed by atoms with van der Waals surface area (Å²) in [5, 5.41) is 7.13. The van der Waals surface area contributed by atoms with Crippen molar-refractivity contribution in [1.29, 1.82) is 0 Å². The molecule has 2 N–H and O–H groups in total. The molecule has 0 aliphatic heterocycles. The van der Waals surface area contributed by atoms with Gasteiger partial charge in [0.2, 0.25) is 5.91 Å². The number of nitrogens with one attached hydrogen (secondary N) is 2. The molecule has 0 saturated heterocycles. The first-order valence-corrected chi connectivity index (χ1v) is 9.64. The third-order valence-corrected chi connectivity index (χ3v) is 4.53. The van der Waals surface area contributed by atoms with Crippen LogP contribution in [-0.4, -0.2) is 25.0 Å². The van der Waals surface area contributed by atoms with E-state index in [1.54, 1.807) is 36.4 Å². The van der Waals surface area contributed by atoms with Crippen LogP contribution >= 0.6 is 11.3 Å². The second-order valence-corrected chi connectivity index (χ2v) is 6.69. The fraction of sp³-hybridized carbons (Fsp3) is 0.143. The van der Waals surface area contributed by atoms with Crippen molar-refractivity contribution in [2.45, 2.75) is 6.92 Å². The molecule has 3 aromatic rings. The van der Waals surface area contributed by atoms with E-state index in [0.717, 1.165) is 5.75 Å². The lowest BCUT2D eigenvalue weighted by atomic mass is 10.3. The number of ether oxygens (including phenoxy) is 2. The Hall–Kier alpha value is -3.32. The first-order chi connectivity index (χ1) is 13.6. The Morgan fingerprint density at radius 2 is 1.57 bits per heavy atom. The van der Waals surface area contributed by atoms with Crippen molar-refractivity contribution in [2.75, 3.05) is 18.5 Å². The van der Waals surface area contributed by atoms with Crippen LogP contribution in [0.15, 0.2) is 66.0 Å². The summed E-state index contributed by atoms with van der Waals surface area (Å²) in [4.78, 5) is 24.4. The van der Waals surface area contributed by atoms with Crippen molar-refractivity contribution in [3.8, 4) is 17.2 Å². The Balaban J connectivity index is 1.48. The molecule has 0 saturated carbocycles. The van der Waals surface area contributed by atoms with Gasteiger partial charge >= 0.3 is 0 Å². The van der Waals surface area contributed by atoms with Crippen LogP contribution in [0.4, 0.5) is 5.69 Å². The number of hydrogen-bond acceptors (Lipinski definition) is 5. The van der Waals surface area contributed by atoms with E-state index in [1.165, 1.54) is 11.3 Å². The summed E-state index contributed by atoms with van der Waals surface area (Å²) in [6.07, 6.45) is 0. The molecule has 2 aromatic carbocycles. The van der Waals surface area contributed by atoms with Gasteiger partial charge in [0.05, 0.1) is 18.0 Å². The van der Waals surface area contributed by atoms with Crippen LogP contribution in [0.3, 0.4) is 0 Å². The minimum atomic E-state index is -0.301. The third-order valence-electron chi connectivity index (χ3n) is 3.66. The zero-order chi connectivity index (χ0) is 19.8. The molecule has 0 aliphatic rings. The van der Waals surface area contributed by atoms with Gasteiger partial charge in [0, 0.05) is 5.69 Å².